The van der Waals surface area contributed by atoms with Crippen LogP contribution in [0.1, 0.15) is 27.7 Å². The molecular formula is C10H17N. The molecule has 0 saturated carbocycles. The van der Waals surface area contributed by atoms with E-state index < -0.39 is 0 Å². The Bertz CT molecular complexity index is 180. The van der Waals surface area contributed by atoms with Crippen molar-refractivity contribution in [2.75, 3.05) is 0 Å². The highest BCUT2D eigenvalue weighted by Gasteiger charge is 2.14. The largest absolute Gasteiger partial charge is 0.265 e. The van der Waals surface area contributed by atoms with Gasteiger partial charge in [0.15, 0.2) is 0 Å². The van der Waals surface area contributed by atoms with Gasteiger partial charge >= 0.3 is 0 Å². The molecule has 0 atom stereocenters. The predicted octanol–water partition coefficient (Wildman–Crippen LogP) is 3.19. The van der Waals surface area contributed by atoms with E-state index in [1.54, 1.807) is 12.3 Å². The lowest BCUT2D eigenvalue weighted by Crippen LogP contribution is -2.07. The Labute approximate surface area is 69.5 Å². The number of rotatable bonds is 2. The molecule has 0 heterocycles. The van der Waals surface area contributed by atoms with Crippen LogP contribution >= 0.6 is 0 Å². The Hall–Kier alpha value is -0.850. The van der Waals surface area contributed by atoms with Crippen molar-refractivity contribution in [3.05, 3.63) is 24.4 Å². The third kappa shape index (κ3) is 3.76. The molecule has 0 aliphatic rings. The van der Waals surface area contributed by atoms with Crippen LogP contribution in [-0.4, -0.2) is 6.21 Å². The molecule has 0 aromatic heterocycles. The van der Waals surface area contributed by atoms with Gasteiger partial charge in [0, 0.05) is 17.3 Å². The molecule has 0 amide bonds. The number of allylic oxidation sites excluding steroid dienone is 3. The Morgan fingerprint density at radius 1 is 1.36 bits per heavy atom. The van der Waals surface area contributed by atoms with Crippen LogP contribution in [-0.2, 0) is 0 Å². The number of nitrogens with zero attached hydrogens (tertiary/aromatic N) is 1. The van der Waals surface area contributed by atoms with E-state index in [0.717, 1.165) is 5.70 Å². The van der Waals surface area contributed by atoms with Crippen LogP contribution < -0.4 is 0 Å². The fourth-order valence-corrected chi connectivity index (χ4v) is 0.737. The molecule has 1 heteroatoms. The zero-order valence-electron chi connectivity index (χ0n) is 7.89. The molecule has 0 fully saturated rings. The first-order valence-electron chi connectivity index (χ1n) is 3.84. The van der Waals surface area contributed by atoms with Crippen molar-refractivity contribution in [2.24, 2.45) is 10.4 Å². The molecule has 0 spiro atoms. The van der Waals surface area contributed by atoms with Gasteiger partial charge < -0.3 is 0 Å². The minimum Gasteiger partial charge on any atom is -0.265 e. The molecule has 0 aromatic carbocycles. The lowest BCUT2D eigenvalue weighted by Gasteiger charge is -2.18. The van der Waals surface area contributed by atoms with Crippen molar-refractivity contribution in [3.63, 3.8) is 0 Å². The van der Waals surface area contributed by atoms with E-state index in [2.05, 4.69) is 32.3 Å². The summed E-state index contributed by atoms with van der Waals surface area (Å²) in [6, 6.07) is 0. The Balaban J connectivity index is 4.61. The first-order valence-corrected chi connectivity index (χ1v) is 3.84. The van der Waals surface area contributed by atoms with Crippen LogP contribution in [0.3, 0.4) is 0 Å². The molecule has 1 nitrogen and oxygen atoms in total. The first-order chi connectivity index (χ1) is 5.02. The van der Waals surface area contributed by atoms with Crippen molar-refractivity contribution >= 4 is 6.21 Å². The van der Waals surface area contributed by atoms with Gasteiger partial charge in [-0.2, -0.15) is 0 Å². The van der Waals surface area contributed by atoms with Crippen LogP contribution in [0.5, 0.6) is 0 Å². The van der Waals surface area contributed by atoms with Crippen molar-refractivity contribution in [2.45, 2.75) is 27.7 Å². The van der Waals surface area contributed by atoms with Gasteiger partial charge in [0.2, 0.25) is 0 Å². The van der Waals surface area contributed by atoms with Gasteiger partial charge in [-0.3, -0.25) is 4.99 Å². The average molecular weight is 151 g/mol. The lowest BCUT2D eigenvalue weighted by molar-refractivity contribution is 0.499. The molecule has 0 unspecified atom stereocenters. The summed E-state index contributed by atoms with van der Waals surface area (Å²) >= 11 is 0. The number of aliphatic imine (C=N–C) groups is 1. The molecular weight excluding hydrogens is 134 g/mol. The van der Waals surface area contributed by atoms with Crippen molar-refractivity contribution in [3.8, 4) is 0 Å². The van der Waals surface area contributed by atoms with Gasteiger partial charge in [0.05, 0.1) is 0 Å². The Morgan fingerprint density at radius 2 is 1.91 bits per heavy atom. The fourth-order valence-electron chi connectivity index (χ4n) is 0.737. The van der Waals surface area contributed by atoms with Gasteiger partial charge in [-0.1, -0.05) is 33.4 Å². The standard InChI is InChI=1S/C10H17N/c1-6-8-9(11-7-2)10(3,4)5/h6-8H,1H2,2-5H3/b9-8-,11-7-. The Kier molecular flexibility index (Phi) is 3.80. The predicted molar refractivity (Wildman–Crippen MR) is 51.9 cm³/mol. The summed E-state index contributed by atoms with van der Waals surface area (Å²) in [4.78, 5) is 4.25. The molecule has 62 valence electrons. The van der Waals surface area contributed by atoms with E-state index >= 15 is 0 Å². The topological polar surface area (TPSA) is 12.4 Å². The molecule has 0 rings (SSSR count). The lowest BCUT2D eigenvalue weighted by atomic mass is 9.92. The average Bonchev–Trinajstić information content (AvgIpc) is 1.85. The molecule has 0 bridgehead atoms. The second-order valence-corrected chi connectivity index (χ2v) is 3.42. The minimum atomic E-state index is 0.112. The monoisotopic (exact) mass is 151 g/mol. The third-order valence-corrected chi connectivity index (χ3v) is 1.31. The summed E-state index contributed by atoms with van der Waals surface area (Å²) in [6.45, 7) is 12.0. The number of hydrogen-bond acceptors (Lipinski definition) is 1. The Morgan fingerprint density at radius 3 is 2.18 bits per heavy atom. The minimum absolute atomic E-state index is 0.112. The molecule has 0 aliphatic carbocycles. The maximum atomic E-state index is 4.25. The van der Waals surface area contributed by atoms with Crippen molar-refractivity contribution in [1.82, 2.24) is 0 Å². The quantitative estimate of drug-likeness (QED) is 0.424. The highest BCUT2D eigenvalue weighted by Crippen LogP contribution is 2.25. The van der Waals surface area contributed by atoms with Crippen LogP contribution in [0.4, 0.5) is 0 Å². The van der Waals surface area contributed by atoms with E-state index in [9.17, 15) is 0 Å². The smallest absolute Gasteiger partial charge is 0.0452 e. The van der Waals surface area contributed by atoms with E-state index in [-0.39, 0.29) is 5.41 Å². The first kappa shape index (κ1) is 10.2. The van der Waals surface area contributed by atoms with Gasteiger partial charge in [-0.05, 0) is 13.0 Å². The molecule has 0 saturated heterocycles. The second-order valence-electron chi connectivity index (χ2n) is 3.42. The normalized spacial score (nSPS) is 14.0. The van der Waals surface area contributed by atoms with Crippen LogP contribution in [0.15, 0.2) is 29.4 Å². The van der Waals surface area contributed by atoms with Gasteiger partial charge in [-0.25, -0.2) is 0 Å². The van der Waals surface area contributed by atoms with E-state index in [0.29, 0.717) is 0 Å². The SMILES string of the molecule is C=C/C=C(\N=C/C)C(C)(C)C. The fraction of sp³-hybridized carbons (Fsp3) is 0.500. The van der Waals surface area contributed by atoms with Crippen LogP contribution in [0, 0.1) is 5.41 Å². The van der Waals surface area contributed by atoms with Gasteiger partial charge in [-0.15, -0.1) is 0 Å². The molecule has 0 aliphatic heterocycles. The van der Waals surface area contributed by atoms with Gasteiger partial charge in [0.1, 0.15) is 0 Å². The summed E-state index contributed by atoms with van der Waals surface area (Å²) in [5.41, 5.74) is 1.18. The van der Waals surface area contributed by atoms with E-state index in [4.69, 9.17) is 0 Å². The van der Waals surface area contributed by atoms with Crippen LogP contribution in [0.25, 0.3) is 0 Å². The van der Waals surface area contributed by atoms with E-state index in [1.807, 2.05) is 13.0 Å². The van der Waals surface area contributed by atoms with Gasteiger partial charge in [0.25, 0.3) is 0 Å². The van der Waals surface area contributed by atoms with Crippen molar-refractivity contribution < 1.29 is 0 Å². The highest BCUT2D eigenvalue weighted by molar-refractivity contribution is 5.55. The molecule has 0 aromatic rings. The third-order valence-electron chi connectivity index (χ3n) is 1.31. The number of hydrogen-bond donors (Lipinski definition) is 0. The summed E-state index contributed by atoms with van der Waals surface area (Å²) in [5.74, 6) is 0. The summed E-state index contributed by atoms with van der Waals surface area (Å²) in [7, 11) is 0. The zero-order chi connectivity index (χ0) is 8.91. The van der Waals surface area contributed by atoms with Crippen molar-refractivity contribution in [1.29, 1.82) is 0 Å². The maximum absolute atomic E-state index is 4.25. The second kappa shape index (κ2) is 4.12. The maximum Gasteiger partial charge on any atom is 0.0452 e. The summed E-state index contributed by atoms with van der Waals surface area (Å²) in [6.07, 6.45) is 5.52. The molecule has 0 radical (unpaired) electrons. The molecule has 0 N–H and O–H groups in total. The molecule has 11 heavy (non-hydrogen) atoms. The zero-order valence-corrected chi connectivity index (χ0v) is 7.89. The summed E-state index contributed by atoms with van der Waals surface area (Å²) < 4.78 is 0. The summed E-state index contributed by atoms with van der Waals surface area (Å²) in [5, 5.41) is 0. The van der Waals surface area contributed by atoms with Crippen LogP contribution in [0.2, 0.25) is 0 Å². The highest BCUT2D eigenvalue weighted by atomic mass is 14.7. The van der Waals surface area contributed by atoms with E-state index in [1.165, 1.54) is 0 Å².